The number of urea groups is 1. The Morgan fingerprint density at radius 2 is 2.00 bits per heavy atom. The van der Waals surface area contributed by atoms with Crippen molar-refractivity contribution in [1.29, 1.82) is 0 Å². The topological polar surface area (TPSA) is 91.4 Å². The maximum Gasteiger partial charge on any atom is 0.329 e. The predicted octanol–water partition coefficient (Wildman–Crippen LogP) is 3.46. The Balaban J connectivity index is 1.84. The zero-order valence-corrected chi connectivity index (χ0v) is 15.9. The molecule has 1 aliphatic rings. The Bertz CT molecular complexity index is 916. The molecule has 1 unspecified atom stereocenters. The minimum atomic E-state index is -0.994. The van der Waals surface area contributed by atoms with E-state index in [2.05, 4.69) is 15.6 Å². The van der Waals surface area contributed by atoms with E-state index in [9.17, 15) is 14.4 Å². The van der Waals surface area contributed by atoms with E-state index in [1.807, 2.05) is 13.8 Å². The molecule has 7 nitrogen and oxygen atoms in total. The highest BCUT2D eigenvalue weighted by molar-refractivity contribution is 6.36. The van der Waals surface area contributed by atoms with Crippen LogP contribution in [0.3, 0.4) is 0 Å². The second-order valence-electron chi connectivity index (χ2n) is 6.76. The van der Waals surface area contributed by atoms with E-state index >= 15 is 0 Å². The number of imide groups is 1. The van der Waals surface area contributed by atoms with Gasteiger partial charge in [0, 0.05) is 11.9 Å². The van der Waals surface area contributed by atoms with Gasteiger partial charge in [-0.1, -0.05) is 31.5 Å². The first-order chi connectivity index (χ1) is 12.7. The van der Waals surface area contributed by atoms with Crippen LogP contribution < -0.4 is 15.5 Å². The molecule has 1 aliphatic heterocycles. The maximum atomic E-state index is 12.8. The average Bonchev–Trinajstić information content (AvgIpc) is 2.86. The molecule has 0 aliphatic carbocycles. The van der Waals surface area contributed by atoms with Crippen molar-refractivity contribution >= 4 is 40.8 Å². The number of rotatable bonds is 4. The Morgan fingerprint density at radius 1 is 1.26 bits per heavy atom. The monoisotopic (exact) mass is 386 g/mol. The lowest BCUT2D eigenvalue weighted by Gasteiger charge is -2.25. The summed E-state index contributed by atoms with van der Waals surface area (Å²) in [6.07, 6.45) is 1.52. The van der Waals surface area contributed by atoms with E-state index in [-0.39, 0.29) is 34.1 Å². The quantitative estimate of drug-likeness (QED) is 0.787. The zero-order chi connectivity index (χ0) is 19.8. The summed E-state index contributed by atoms with van der Waals surface area (Å²) in [5, 5.41) is 5.58. The molecule has 0 saturated carbocycles. The molecule has 27 heavy (non-hydrogen) atoms. The second kappa shape index (κ2) is 7.00. The number of halogens is 1. The fourth-order valence-electron chi connectivity index (χ4n) is 2.72. The van der Waals surface area contributed by atoms with Crippen molar-refractivity contribution < 1.29 is 14.4 Å². The first kappa shape index (κ1) is 18.8. The number of pyridine rings is 1. The minimum absolute atomic E-state index is 0.0883. The van der Waals surface area contributed by atoms with Crippen LogP contribution in [0, 0.1) is 5.92 Å². The summed E-state index contributed by atoms with van der Waals surface area (Å²) in [6, 6.07) is 9.08. The molecule has 2 heterocycles. The number of carbonyl (C=O) groups excluding carboxylic acids is 3. The van der Waals surface area contributed by atoms with E-state index in [1.165, 1.54) is 18.3 Å². The van der Waals surface area contributed by atoms with Crippen molar-refractivity contribution in [2.45, 2.75) is 26.3 Å². The van der Waals surface area contributed by atoms with E-state index in [0.717, 1.165) is 4.90 Å². The first-order valence-corrected chi connectivity index (χ1v) is 8.80. The third-order valence-electron chi connectivity index (χ3n) is 4.72. The lowest BCUT2D eigenvalue weighted by Crippen LogP contribution is -2.48. The summed E-state index contributed by atoms with van der Waals surface area (Å²) in [6.45, 7) is 5.41. The van der Waals surface area contributed by atoms with Crippen LogP contribution >= 0.6 is 11.6 Å². The fraction of sp³-hybridized carbons (Fsp3) is 0.263. The normalized spacial score (nSPS) is 19.4. The van der Waals surface area contributed by atoms with Gasteiger partial charge in [0.2, 0.25) is 0 Å². The van der Waals surface area contributed by atoms with Crippen molar-refractivity contribution in [3.63, 3.8) is 0 Å². The van der Waals surface area contributed by atoms with Gasteiger partial charge in [-0.2, -0.15) is 0 Å². The highest BCUT2D eigenvalue weighted by Crippen LogP contribution is 2.35. The van der Waals surface area contributed by atoms with Crippen molar-refractivity contribution in [3.05, 3.63) is 53.3 Å². The molecular formula is C19H19ClN4O3. The predicted molar refractivity (Wildman–Crippen MR) is 103 cm³/mol. The largest absolute Gasteiger partial charge is 0.329 e. The van der Waals surface area contributed by atoms with Crippen LogP contribution in [-0.4, -0.2) is 28.4 Å². The van der Waals surface area contributed by atoms with Gasteiger partial charge in [-0.05, 0) is 43.2 Å². The SMILES string of the molecule is CC(C)C1(C)NC(=O)N(c2ccc(NC(=O)c3ccccn3)cc2Cl)C1=O. The lowest BCUT2D eigenvalue weighted by molar-refractivity contribution is -0.122. The van der Waals surface area contributed by atoms with E-state index in [4.69, 9.17) is 11.6 Å². The van der Waals surface area contributed by atoms with Crippen LogP contribution in [0.15, 0.2) is 42.6 Å². The van der Waals surface area contributed by atoms with Gasteiger partial charge in [-0.15, -0.1) is 0 Å². The van der Waals surface area contributed by atoms with Gasteiger partial charge in [0.25, 0.3) is 11.8 Å². The summed E-state index contributed by atoms with van der Waals surface area (Å²) in [4.78, 5) is 42.3. The molecule has 8 heteroatoms. The number of carbonyl (C=O) groups is 3. The van der Waals surface area contributed by atoms with Gasteiger partial charge < -0.3 is 10.6 Å². The van der Waals surface area contributed by atoms with Gasteiger partial charge in [-0.25, -0.2) is 9.69 Å². The van der Waals surface area contributed by atoms with Gasteiger partial charge in [0.05, 0.1) is 10.7 Å². The molecule has 1 atom stereocenters. The summed E-state index contributed by atoms with van der Waals surface area (Å²) in [5.41, 5.74) is -0.0383. The molecule has 0 bridgehead atoms. The number of hydrogen-bond donors (Lipinski definition) is 2. The van der Waals surface area contributed by atoms with Crippen LogP contribution in [0.4, 0.5) is 16.2 Å². The van der Waals surface area contributed by atoms with Crippen LogP contribution in [0.5, 0.6) is 0 Å². The van der Waals surface area contributed by atoms with Crippen molar-refractivity contribution in [2.75, 3.05) is 10.2 Å². The number of nitrogens with one attached hydrogen (secondary N) is 2. The Kier molecular flexibility index (Phi) is 4.89. The van der Waals surface area contributed by atoms with Crippen molar-refractivity contribution in [1.82, 2.24) is 10.3 Å². The third kappa shape index (κ3) is 3.38. The minimum Gasteiger partial charge on any atom is -0.323 e. The molecule has 1 saturated heterocycles. The average molecular weight is 387 g/mol. The van der Waals surface area contributed by atoms with Crippen LogP contribution in [-0.2, 0) is 4.79 Å². The molecule has 0 spiro atoms. The highest BCUT2D eigenvalue weighted by Gasteiger charge is 2.50. The molecule has 0 radical (unpaired) electrons. The molecule has 1 aromatic carbocycles. The molecule has 1 fully saturated rings. The number of anilines is 2. The van der Waals surface area contributed by atoms with Gasteiger partial charge >= 0.3 is 6.03 Å². The Hall–Kier alpha value is -2.93. The summed E-state index contributed by atoms with van der Waals surface area (Å²) >= 11 is 6.30. The van der Waals surface area contributed by atoms with Crippen LogP contribution in [0.2, 0.25) is 5.02 Å². The van der Waals surface area contributed by atoms with Crippen molar-refractivity contribution in [3.8, 4) is 0 Å². The highest BCUT2D eigenvalue weighted by atomic mass is 35.5. The number of amides is 4. The third-order valence-corrected chi connectivity index (χ3v) is 5.02. The van der Waals surface area contributed by atoms with E-state index in [0.29, 0.717) is 5.69 Å². The molecule has 2 N–H and O–H groups in total. The molecular weight excluding hydrogens is 368 g/mol. The van der Waals surface area contributed by atoms with Crippen LogP contribution in [0.1, 0.15) is 31.3 Å². The fourth-order valence-corrected chi connectivity index (χ4v) is 2.99. The number of aromatic nitrogens is 1. The van der Waals surface area contributed by atoms with Gasteiger partial charge in [-0.3, -0.25) is 14.6 Å². The number of hydrogen-bond acceptors (Lipinski definition) is 4. The molecule has 140 valence electrons. The number of benzene rings is 1. The smallest absolute Gasteiger partial charge is 0.323 e. The molecule has 4 amide bonds. The summed E-state index contributed by atoms with van der Waals surface area (Å²) in [7, 11) is 0. The van der Waals surface area contributed by atoms with Gasteiger partial charge in [0.15, 0.2) is 0 Å². The summed E-state index contributed by atoms with van der Waals surface area (Å²) < 4.78 is 0. The molecule has 2 aromatic rings. The second-order valence-corrected chi connectivity index (χ2v) is 7.17. The van der Waals surface area contributed by atoms with E-state index < -0.39 is 11.6 Å². The number of nitrogens with zero attached hydrogens (tertiary/aromatic N) is 2. The van der Waals surface area contributed by atoms with Gasteiger partial charge in [0.1, 0.15) is 11.2 Å². The van der Waals surface area contributed by atoms with Crippen molar-refractivity contribution in [2.24, 2.45) is 5.92 Å². The lowest BCUT2D eigenvalue weighted by atomic mass is 9.88. The molecule has 1 aromatic heterocycles. The standard InChI is InChI=1S/C19H19ClN4O3/c1-11(2)19(3)17(26)24(18(27)23-19)15-8-7-12(10-13(15)20)22-16(25)14-6-4-5-9-21-14/h4-11H,1-3H3,(H,22,25)(H,23,27). The molecule has 3 rings (SSSR count). The zero-order valence-electron chi connectivity index (χ0n) is 15.1. The Morgan fingerprint density at radius 3 is 2.56 bits per heavy atom. The summed E-state index contributed by atoms with van der Waals surface area (Å²) in [5.74, 6) is -0.842. The van der Waals surface area contributed by atoms with E-state index in [1.54, 1.807) is 31.2 Å². The van der Waals surface area contributed by atoms with Crippen LogP contribution in [0.25, 0.3) is 0 Å². The maximum absolute atomic E-state index is 12.8. The first-order valence-electron chi connectivity index (χ1n) is 8.42. The Labute approximate surface area is 161 Å².